The number of unbranched alkanes of at least 4 members (excludes halogenated alkanes) is 1. The summed E-state index contributed by atoms with van der Waals surface area (Å²) in [6.07, 6.45) is 3.41. The Hall–Kier alpha value is -12.4. The first kappa shape index (κ1) is 101. The van der Waals surface area contributed by atoms with Crippen molar-refractivity contribution in [2.75, 3.05) is 32.1 Å². The Balaban J connectivity index is 1.37. The molecule has 1 aliphatic heterocycles. The molecule has 126 heavy (non-hydrogen) atoms. The molecule has 4 aromatic rings. The minimum absolute atomic E-state index is 0.00959. The molecule has 686 valence electrons. The third-order valence-corrected chi connectivity index (χ3v) is 23.7. The number of nitrogens with one attached hydrogen (secondary N) is 12. The van der Waals surface area contributed by atoms with Crippen molar-refractivity contribution < 1.29 is 107 Å². The minimum atomic E-state index is -2.13. The third kappa shape index (κ3) is 32.6. The number of nitrogens with zero attached hydrogens (tertiary/aromatic N) is 2. The molecular weight excluding hydrogens is 1660 g/mol. The summed E-state index contributed by atoms with van der Waals surface area (Å²) in [6.45, 7) is 4.40. The zero-order valence-electron chi connectivity index (χ0n) is 71.4. The van der Waals surface area contributed by atoms with Gasteiger partial charge in [0.05, 0.1) is 17.7 Å². The number of carbonyl (C=O) groups excluding carboxylic acids is 13. The Labute approximate surface area is 733 Å². The number of benzene rings is 4. The highest BCUT2D eigenvalue weighted by Gasteiger charge is 2.43. The highest BCUT2D eigenvalue weighted by molar-refractivity contribution is 8.00. The fourth-order valence-corrected chi connectivity index (χ4v) is 16.3. The van der Waals surface area contributed by atoms with Crippen LogP contribution in [0.25, 0.3) is 0 Å². The third-order valence-electron chi connectivity index (χ3n) is 22.6. The smallest absolute Gasteiger partial charge is 0.335 e. The maximum absolute atomic E-state index is 15.5. The summed E-state index contributed by atoms with van der Waals surface area (Å²) in [5.74, 6) is -20.6. The van der Waals surface area contributed by atoms with Gasteiger partial charge < -0.3 is 105 Å². The molecule has 11 atom stereocenters. The van der Waals surface area contributed by atoms with Crippen molar-refractivity contribution in [3.05, 3.63) is 131 Å². The number of aromatic carboxylic acids is 1. The largest absolute Gasteiger partial charge is 0.508 e. The van der Waals surface area contributed by atoms with Gasteiger partial charge in [-0.25, -0.2) is 9.18 Å². The van der Waals surface area contributed by atoms with Crippen LogP contribution in [-0.2, 0) is 97.6 Å². The van der Waals surface area contributed by atoms with Gasteiger partial charge in [0.2, 0.25) is 76.8 Å². The Kier molecular flexibility index (Phi) is 39.4. The number of phenolic OH excluding ortho intramolecular Hbond substituents is 2. The van der Waals surface area contributed by atoms with Crippen LogP contribution in [0, 0.1) is 23.1 Å². The van der Waals surface area contributed by atoms with Gasteiger partial charge in [0.1, 0.15) is 89.3 Å². The quantitative estimate of drug-likeness (QED) is 0.0243. The van der Waals surface area contributed by atoms with E-state index < -0.39 is 229 Å². The molecule has 1 saturated heterocycles. The zero-order chi connectivity index (χ0) is 92.5. The number of nitrogens with two attached hydrogens (primary N) is 2. The average molecular weight is 1780 g/mol. The van der Waals surface area contributed by atoms with Crippen molar-refractivity contribution in [2.45, 2.75) is 247 Å². The van der Waals surface area contributed by atoms with Gasteiger partial charge in [-0.3, -0.25) is 77.3 Å². The van der Waals surface area contributed by atoms with Crippen LogP contribution in [0.3, 0.4) is 0 Å². The highest BCUT2D eigenvalue weighted by Crippen LogP contribution is 2.30. The minimum Gasteiger partial charge on any atom is -0.508 e. The Morgan fingerprint density at radius 3 is 1.33 bits per heavy atom. The molecule has 3 fully saturated rings. The second-order valence-electron chi connectivity index (χ2n) is 32.9. The monoisotopic (exact) mass is 1770 g/mol. The van der Waals surface area contributed by atoms with E-state index in [-0.39, 0.29) is 95.6 Å². The van der Waals surface area contributed by atoms with Crippen molar-refractivity contribution >= 4 is 112 Å². The van der Waals surface area contributed by atoms with Crippen LogP contribution in [0.5, 0.6) is 11.5 Å². The van der Waals surface area contributed by atoms with E-state index in [0.717, 1.165) is 72.2 Å². The molecule has 37 nitrogen and oxygen atoms in total. The predicted molar refractivity (Wildman–Crippen MR) is 460 cm³/mol. The van der Waals surface area contributed by atoms with Crippen molar-refractivity contribution in [3.63, 3.8) is 0 Å². The fraction of sp³-hybridized carbons (Fsp3) is 0.529. The van der Waals surface area contributed by atoms with Crippen LogP contribution < -0.4 is 70.0 Å². The van der Waals surface area contributed by atoms with Gasteiger partial charge in [-0.15, -0.1) is 11.8 Å². The maximum atomic E-state index is 15.5. The number of guanidine groups is 1. The normalized spacial score (nSPS) is 23.7. The summed E-state index contributed by atoms with van der Waals surface area (Å²) in [5, 5.41) is 87.9. The predicted octanol–water partition coefficient (Wildman–Crippen LogP) is 2.08. The molecule has 7 rings (SSSR count). The summed E-state index contributed by atoms with van der Waals surface area (Å²) in [7, 11) is 2.50. The second kappa shape index (κ2) is 49.3. The van der Waals surface area contributed by atoms with Crippen LogP contribution in [0.15, 0.2) is 97.1 Å². The van der Waals surface area contributed by atoms with Crippen molar-refractivity contribution in [3.8, 4) is 11.5 Å². The number of likely N-dealkylation sites (N-methyl/N-ethyl adjacent to an activating group) is 2. The summed E-state index contributed by atoms with van der Waals surface area (Å²) in [6, 6.07) is 1.92. The molecule has 4 aromatic carbocycles. The van der Waals surface area contributed by atoms with Crippen LogP contribution in [0.4, 0.5) is 4.39 Å². The van der Waals surface area contributed by atoms with Crippen LogP contribution in [0.2, 0.25) is 0 Å². The molecule has 2 saturated carbocycles. The standard InChI is InChI=1S/C87H119FN16O21S/c1-6-7-20-68-82(121)102-87(2,3)85(125)101-65(41-50-17-12-9-13-18-50)80(119)97-62(43-52-23-31-56(88)32-24-52)78(117)99-66(46-72(110)111)81(120)98-64(45-54-27-35-58(106)36-28-54)77(116)96-63(44-53-25-33-57(105)34-26-53)76(115)95-61(42-51-21-29-55(30-22-51)84(123)124)75(114)93-59(19-14-39-92-86(90)91)74(113)94-60(40-49-15-10-8-11-16-49)79(118)100-67(73(89)112)47-126-48-70(107)103(4)69(37-38-71(108)109)83(122)104(68)5/h21-36,49-50,59-69,105-106H,6-20,37-48H2,1-5H3,(H2,89,112)(H,93,114)(H,94,113)(H,95,115)(H,96,116)(H,97,119)(H,98,120)(H,99,117)(H,100,118)(H,101,125)(H,102,121)(H,108,109)(H,110,111)(H,123,124)(H4,90,91,92)/t59-,60+,61+,62+,63+,64+,65+,66-,67+,68+,69+/m1/s1. The van der Waals surface area contributed by atoms with Gasteiger partial charge in [0, 0.05) is 58.5 Å². The Morgan fingerprint density at radius 2 is 0.897 bits per heavy atom. The lowest BCUT2D eigenvalue weighted by molar-refractivity contribution is -0.149. The van der Waals surface area contributed by atoms with E-state index >= 15 is 33.6 Å². The van der Waals surface area contributed by atoms with Gasteiger partial charge in [0.25, 0.3) is 0 Å². The number of carbonyl (C=O) groups is 16. The lowest BCUT2D eigenvalue weighted by Crippen LogP contribution is -2.63. The molecule has 21 N–H and O–H groups in total. The summed E-state index contributed by atoms with van der Waals surface area (Å²) in [4.78, 5) is 234. The van der Waals surface area contributed by atoms with E-state index in [1.54, 1.807) is 0 Å². The number of aliphatic carboxylic acids is 2. The number of amides is 13. The van der Waals surface area contributed by atoms with E-state index in [0.29, 0.717) is 38.5 Å². The molecule has 2 aliphatic carbocycles. The van der Waals surface area contributed by atoms with Gasteiger partial charge in [0.15, 0.2) is 5.96 Å². The van der Waals surface area contributed by atoms with Gasteiger partial charge in [-0.1, -0.05) is 133 Å². The number of rotatable bonds is 26. The summed E-state index contributed by atoms with van der Waals surface area (Å²) >= 11 is 0.795. The number of primary amides is 1. The first-order valence-corrected chi connectivity index (χ1v) is 43.5. The van der Waals surface area contributed by atoms with Crippen molar-refractivity contribution in [2.24, 2.45) is 23.3 Å². The van der Waals surface area contributed by atoms with Gasteiger partial charge >= 0.3 is 17.9 Å². The van der Waals surface area contributed by atoms with Gasteiger partial charge in [-0.05, 0) is 135 Å². The first-order valence-electron chi connectivity index (χ1n) is 42.4. The van der Waals surface area contributed by atoms with Crippen LogP contribution in [0.1, 0.15) is 182 Å². The van der Waals surface area contributed by atoms with Gasteiger partial charge in [-0.2, -0.15) is 0 Å². The van der Waals surface area contributed by atoms with E-state index in [4.69, 9.17) is 16.9 Å². The number of halogens is 1. The average Bonchev–Trinajstić information content (AvgIpc) is 0.807. The molecule has 39 heteroatoms. The molecule has 0 bridgehead atoms. The van der Waals surface area contributed by atoms with Crippen LogP contribution in [-0.4, -0.2) is 240 Å². The summed E-state index contributed by atoms with van der Waals surface area (Å²) in [5.41, 5.74) is 10.4. The number of hydrogen-bond acceptors (Lipinski definition) is 20. The topological polar surface area (TPSA) is 589 Å². The Morgan fingerprint density at radius 1 is 0.492 bits per heavy atom. The second-order valence-corrected chi connectivity index (χ2v) is 34.0. The molecule has 1 heterocycles. The molecule has 0 radical (unpaired) electrons. The van der Waals surface area contributed by atoms with Crippen molar-refractivity contribution in [1.29, 1.82) is 5.41 Å². The molecule has 13 amide bonds. The first-order chi connectivity index (χ1) is 59.8. The fourth-order valence-electron chi connectivity index (χ4n) is 15.3. The van der Waals surface area contributed by atoms with Crippen LogP contribution >= 0.6 is 11.8 Å². The Bertz CT molecular complexity index is 4480. The van der Waals surface area contributed by atoms with E-state index in [1.165, 1.54) is 113 Å². The van der Waals surface area contributed by atoms with Crippen molar-refractivity contribution in [1.82, 2.24) is 68.3 Å². The number of thioether (sulfide) groups is 1. The SMILES string of the molecule is CCCC[C@H]1C(=O)NC(C)(C)C(=O)N[C@@H](CC2CCCCC2)C(=O)N[C@@H](Cc2ccc(F)cc2)C(=O)N[C@H](CC(=O)O)C(=O)N[C@@H](Cc2ccc(O)cc2)C(=O)N[C@@H](Cc2ccc(O)cc2)C(=O)N[C@@H](Cc2ccc(C(=O)O)cc2)C(=O)N[C@H](CCCNC(=N)N)C(=O)N[C@@H](CC2CCCCC2)C(=O)N[C@H](C(N)=O)CSCC(=O)N(C)[C@@H](CCC(=O)O)C(=O)N1C. The highest BCUT2D eigenvalue weighted by atomic mass is 32.2. The number of hydrogen-bond donors (Lipinski definition) is 19. The molecular formula is C87H119FN16O21S. The number of carboxylic acid groups (broad SMARTS) is 3. The number of carboxylic acids is 3. The van der Waals surface area contributed by atoms with E-state index in [9.17, 15) is 73.1 Å². The lowest BCUT2D eigenvalue weighted by Gasteiger charge is -2.36. The number of aromatic hydroxyl groups is 2. The summed E-state index contributed by atoms with van der Waals surface area (Å²) < 4.78 is 14.6. The zero-order valence-corrected chi connectivity index (χ0v) is 72.3. The van der Waals surface area contributed by atoms with E-state index in [1.807, 2.05) is 6.92 Å². The maximum Gasteiger partial charge on any atom is 0.335 e. The molecule has 3 aliphatic rings. The number of phenols is 2. The lowest BCUT2D eigenvalue weighted by atomic mass is 9.84. The van der Waals surface area contributed by atoms with E-state index in [2.05, 4.69) is 58.5 Å². The molecule has 0 unspecified atom stereocenters. The molecule has 0 spiro atoms. The molecule has 0 aromatic heterocycles.